The van der Waals surface area contributed by atoms with E-state index in [2.05, 4.69) is 0 Å². The molecular formula is C19H16F2N2O5. The number of esters is 1. The Morgan fingerprint density at radius 2 is 1.64 bits per heavy atom. The molecule has 3 rings (SSSR count). The van der Waals surface area contributed by atoms with Crippen LogP contribution in [0.25, 0.3) is 0 Å². The molecule has 28 heavy (non-hydrogen) atoms. The maximum Gasteiger partial charge on any atom is 0.314 e. The van der Waals surface area contributed by atoms with Crippen molar-refractivity contribution in [1.29, 1.82) is 0 Å². The fourth-order valence-corrected chi connectivity index (χ4v) is 3.01. The molecule has 0 saturated carbocycles. The number of hydrogen-bond acceptors (Lipinski definition) is 5. The van der Waals surface area contributed by atoms with Crippen LogP contribution >= 0.6 is 0 Å². The van der Waals surface area contributed by atoms with Gasteiger partial charge >= 0.3 is 11.7 Å². The van der Waals surface area contributed by atoms with Gasteiger partial charge in [0, 0.05) is 30.8 Å². The Hall–Kier alpha value is -3.36. The van der Waals surface area contributed by atoms with Gasteiger partial charge in [-0.25, -0.2) is 8.78 Å². The molecule has 1 fully saturated rings. The zero-order chi connectivity index (χ0) is 20.3. The molecule has 146 valence electrons. The molecule has 0 aromatic heterocycles. The van der Waals surface area contributed by atoms with Crippen molar-refractivity contribution in [3.05, 3.63) is 69.8 Å². The first-order valence-corrected chi connectivity index (χ1v) is 8.55. The Bertz CT molecular complexity index is 909. The number of carbonyl (C=O) groups excluding carboxylic acids is 2. The van der Waals surface area contributed by atoms with Crippen molar-refractivity contribution < 1.29 is 28.0 Å². The van der Waals surface area contributed by atoms with E-state index < -0.39 is 39.9 Å². The summed E-state index contributed by atoms with van der Waals surface area (Å²) in [5.41, 5.74) is -0.156. The molecule has 0 atom stereocenters. The number of amides is 1. The lowest BCUT2D eigenvalue weighted by molar-refractivity contribution is -0.385. The summed E-state index contributed by atoms with van der Waals surface area (Å²) in [6.07, 6.45) is 0.601. The molecule has 0 radical (unpaired) electrons. The highest BCUT2D eigenvalue weighted by Crippen LogP contribution is 2.29. The first kappa shape index (κ1) is 19.4. The van der Waals surface area contributed by atoms with Crippen LogP contribution in [-0.4, -0.2) is 34.8 Å². The summed E-state index contributed by atoms with van der Waals surface area (Å²) >= 11 is 0. The van der Waals surface area contributed by atoms with Crippen LogP contribution in [0.15, 0.2) is 42.5 Å². The molecule has 0 N–H and O–H groups in total. The predicted octanol–water partition coefficient (Wildman–Crippen LogP) is 3.33. The number of hydrogen-bond donors (Lipinski definition) is 0. The van der Waals surface area contributed by atoms with Crippen LogP contribution in [0.3, 0.4) is 0 Å². The summed E-state index contributed by atoms with van der Waals surface area (Å²) in [6, 6.07) is 7.81. The van der Waals surface area contributed by atoms with Gasteiger partial charge in [-0.05, 0) is 43.2 Å². The average molecular weight is 390 g/mol. The van der Waals surface area contributed by atoms with Crippen molar-refractivity contribution in [2.24, 2.45) is 5.92 Å². The quantitative estimate of drug-likeness (QED) is 0.346. The molecule has 9 heteroatoms. The number of ether oxygens (including phenoxy) is 1. The van der Waals surface area contributed by atoms with Gasteiger partial charge in [0.05, 0.1) is 10.8 Å². The van der Waals surface area contributed by atoms with E-state index in [-0.39, 0.29) is 19.0 Å². The third-order valence-corrected chi connectivity index (χ3v) is 4.54. The summed E-state index contributed by atoms with van der Waals surface area (Å²) in [5.74, 6) is -3.19. The number of nitro groups is 1. The Morgan fingerprint density at radius 1 is 1.04 bits per heavy atom. The highest BCUT2D eigenvalue weighted by Gasteiger charge is 2.30. The van der Waals surface area contributed by atoms with E-state index in [1.54, 1.807) is 4.90 Å². The number of carbonyl (C=O) groups is 2. The van der Waals surface area contributed by atoms with Crippen LogP contribution in [0.1, 0.15) is 23.2 Å². The van der Waals surface area contributed by atoms with Crippen molar-refractivity contribution in [2.45, 2.75) is 12.8 Å². The van der Waals surface area contributed by atoms with Gasteiger partial charge in [0.15, 0.2) is 0 Å². The van der Waals surface area contributed by atoms with E-state index in [1.165, 1.54) is 24.3 Å². The molecular weight excluding hydrogens is 374 g/mol. The monoisotopic (exact) mass is 390 g/mol. The molecule has 1 heterocycles. The lowest BCUT2D eigenvalue weighted by Gasteiger charge is -2.30. The standard InChI is InChI=1S/C19H16F2N2O5/c20-14-3-1-12(2-4-14)18(24)22-9-7-13(8-10-22)19(25)28-17-11-15(21)5-6-16(17)23(26)27/h1-6,11,13H,7-10H2. The Kier molecular flexibility index (Phi) is 5.62. The Morgan fingerprint density at radius 3 is 2.25 bits per heavy atom. The minimum Gasteiger partial charge on any atom is -0.419 e. The van der Waals surface area contributed by atoms with Crippen LogP contribution in [0.5, 0.6) is 5.75 Å². The molecule has 1 saturated heterocycles. The highest BCUT2D eigenvalue weighted by atomic mass is 19.1. The van der Waals surface area contributed by atoms with Gasteiger partial charge in [0.25, 0.3) is 5.91 Å². The van der Waals surface area contributed by atoms with E-state index in [0.717, 1.165) is 18.2 Å². The molecule has 2 aromatic rings. The van der Waals surface area contributed by atoms with Gasteiger partial charge in [-0.15, -0.1) is 0 Å². The van der Waals surface area contributed by atoms with Gasteiger partial charge in [-0.3, -0.25) is 19.7 Å². The second kappa shape index (κ2) is 8.12. The van der Waals surface area contributed by atoms with Crippen molar-refractivity contribution in [3.8, 4) is 5.75 Å². The minimum absolute atomic E-state index is 0.271. The lowest BCUT2D eigenvalue weighted by Crippen LogP contribution is -2.41. The maximum absolute atomic E-state index is 13.3. The van der Waals surface area contributed by atoms with Crippen molar-refractivity contribution in [3.63, 3.8) is 0 Å². The number of nitrogens with zero attached hydrogens (tertiary/aromatic N) is 2. The van der Waals surface area contributed by atoms with Gasteiger partial charge in [0.2, 0.25) is 5.75 Å². The zero-order valence-electron chi connectivity index (χ0n) is 14.6. The van der Waals surface area contributed by atoms with Gasteiger partial charge < -0.3 is 9.64 Å². The molecule has 0 spiro atoms. The van der Waals surface area contributed by atoms with Crippen molar-refractivity contribution in [1.82, 2.24) is 4.90 Å². The Balaban J connectivity index is 1.61. The molecule has 1 amide bonds. The van der Waals surface area contributed by atoms with Crippen molar-refractivity contribution >= 4 is 17.6 Å². The maximum atomic E-state index is 13.3. The van der Waals surface area contributed by atoms with Crippen LogP contribution < -0.4 is 4.74 Å². The number of likely N-dealkylation sites (tertiary alicyclic amines) is 1. The third kappa shape index (κ3) is 4.30. The molecule has 0 aliphatic carbocycles. The summed E-state index contributed by atoms with van der Waals surface area (Å²) < 4.78 is 31.4. The predicted molar refractivity (Wildman–Crippen MR) is 93.7 cm³/mol. The summed E-state index contributed by atoms with van der Waals surface area (Å²) in [6.45, 7) is 0.558. The van der Waals surface area contributed by atoms with Crippen molar-refractivity contribution in [2.75, 3.05) is 13.1 Å². The van der Waals surface area contributed by atoms with E-state index in [1.807, 2.05) is 0 Å². The molecule has 2 aromatic carbocycles. The summed E-state index contributed by atoms with van der Waals surface area (Å²) in [5, 5.41) is 11.0. The first-order chi connectivity index (χ1) is 13.3. The average Bonchev–Trinajstić information content (AvgIpc) is 2.68. The summed E-state index contributed by atoms with van der Waals surface area (Å²) in [7, 11) is 0. The van der Waals surface area contributed by atoms with Crippen LogP contribution in [0.4, 0.5) is 14.5 Å². The molecule has 1 aliphatic rings. The number of nitro benzene ring substituents is 1. The molecule has 0 bridgehead atoms. The first-order valence-electron chi connectivity index (χ1n) is 8.55. The van der Waals surface area contributed by atoms with Gasteiger partial charge in [-0.2, -0.15) is 0 Å². The second-order valence-electron chi connectivity index (χ2n) is 6.36. The number of rotatable bonds is 4. The largest absolute Gasteiger partial charge is 0.419 e. The van der Waals surface area contributed by atoms with E-state index in [0.29, 0.717) is 18.4 Å². The number of halogens is 2. The highest BCUT2D eigenvalue weighted by molar-refractivity contribution is 5.94. The summed E-state index contributed by atoms with van der Waals surface area (Å²) in [4.78, 5) is 36.5. The topological polar surface area (TPSA) is 89.8 Å². The van der Waals surface area contributed by atoms with Gasteiger partial charge in [0.1, 0.15) is 11.6 Å². The zero-order valence-corrected chi connectivity index (χ0v) is 14.6. The molecule has 0 unspecified atom stereocenters. The van der Waals surface area contributed by atoms with Crippen LogP contribution in [-0.2, 0) is 4.79 Å². The normalized spacial score (nSPS) is 14.6. The number of benzene rings is 2. The fraction of sp³-hybridized carbons (Fsp3) is 0.263. The Labute approximate surface area is 158 Å². The van der Waals surface area contributed by atoms with Crippen LogP contribution in [0, 0.1) is 27.7 Å². The lowest BCUT2D eigenvalue weighted by atomic mass is 9.96. The van der Waals surface area contributed by atoms with Crippen LogP contribution in [0.2, 0.25) is 0 Å². The van der Waals surface area contributed by atoms with E-state index in [4.69, 9.17) is 4.74 Å². The molecule has 1 aliphatic heterocycles. The number of piperidine rings is 1. The minimum atomic E-state index is -0.758. The van der Waals surface area contributed by atoms with E-state index in [9.17, 15) is 28.5 Å². The second-order valence-corrected chi connectivity index (χ2v) is 6.36. The third-order valence-electron chi connectivity index (χ3n) is 4.54. The molecule has 7 nitrogen and oxygen atoms in total. The SMILES string of the molecule is O=C(Oc1cc(F)ccc1[N+](=O)[O-])C1CCN(C(=O)c2ccc(F)cc2)CC1. The smallest absolute Gasteiger partial charge is 0.314 e. The fourth-order valence-electron chi connectivity index (χ4n) is 3.01. The van der Waals surface area contributed by atoms with E-state index >= 15 is 0 Å². The van der Waals surface area contributed by atoms with Gasteiger partial charge in [-0.1, -0.05) is 0 Å².